The van der Waals surface area contributed by atoms with E-state index in [1.54, 1.807) is 17.4 Å². The first-order chi connectivity index (χ1) is 14.6. The third kappa shape index (κ3) is 10.9. The van der Waals surface area contributed by atoms with Crippen LogP contribution >= 0.6 is 34.9 Å². The number of nitrogens with zero attached hydrogens (tertiary/aromatic N) is 1. The van der Waals surface area contributed by atoms with Gasteiger partial charge in [0.2, 0.25) is 0 Å². The average Bonchev–Trinajstić information content (AvgIpc) is 3.17. The maximum atomic E-state index is 10.8. The molecule has 0 aliphatic carbocycles. The van der Waals surface area contributed by atoms with Crippen molar-refractivity contribution < 1.29 is 15.0 Å². The van der Waals surface area contributed by atoms with E-state index in [0.717, 1.165) is 29.7 Å². The second-order valence-electron chi connectivity index (χ2n) is 8.44. The van der Waals surface area contributed by atoms with E-state index >= 15 is 0 Å². The number of nitrogens with one attached hydrogen (secondary N) is 1. The van der Waals surface area contributed by atoms with Crippen molar-refractivity contribution in [2.24, 2.45) is 0 Å². The fraction of sp³-hybridized carbons (Fsp3) is 0.522. The van der Waals surface area contributed by atoms with Crippen LogP contribution in [0.4, 0.5) is 0 Å². The zero-order chi connectivity index (χ0) is 22.9. The lowest BCUT2D eigenvalue weighted by Crippen LogP contribution is -2.45. The average molecular weight is 485 g/mol. The molecule has 0 unspecified atom stereocenters. The van der Waals surface area contributed by atoms with Crippen LogP contribution in [-0.4, -0.2) is 52.3 Å². The van der Waals surface area contributed by atoms with Crippen molar-refractivity contribution in [2.45, 2.75) is 62.5 Å². The van der Waals surface area contributed by atoms with Crippen molar-refractivity contribution in [1.29, 1.82) is 0 Å². The van der Waals surface area contributed by atoms with Gasteiger partial charge in [-0.25, -0.2) is 4.31 Å². The molecule has 5 nitrogen and oxygen atoms in total. The van der Waals surface area contributed by atoms with Crippen molar-refractivity contribution in [1.82, 2.24) is 9.62 Å². The van der Waals surface area contributed by atoms with E-state index in [2.05, 4.69) is 36.7 Å². The molecule has 8 heteroatoms. The van der Waals surface area contributed by atoms with E-state index in [4.69, 9.17) is 16.7 Å². The minimum absolute atomic E-state index is 0.0318. The zero-order valence-corrected chi connectivity index (χ0v) is 20.8. The lowest BCUT2D eigenvalue weighted by atomic mass is 9.96. The summed E-state index contributed by atoms with van der Waals surface area (Å²) in [6.45, 7) is 5.38. The predicted octanol–water partition coefficient (Wildman–Crippen LogP) is 5.11. The summed E-state index contributed by atoms with van der Waals surface area (Å²) in [5, 5.41) is 25.6. The van der Waals surface area contributed by atoms with Gasteiger partial charge in [-0.15, -0.1) is 11.3 Å². The van der Waals surface area contributed by atoms with Gasteiger partial charge in [0.1, 0.15) is 0 Å². The molecule has 2 aromatic rings. The molecule has 0 saturated heterocycles. The van der Waals surface area contributed by atoms with Crippen LogP contribution in [0.2, 0.25) is 5.02 Å². The second kappa shape index (κ2) is 12.8. The molecule has 0 bridgehead atoms. The molecule has 1 aromatic carbocycles. The Morgan fingerprint density at radius 2 is 2.10 bits per heavy atom. The number of likely N-dealkylation sites (N-methyl/N-ethyl adjacent to an activating group) is 1. The number of aliphatic carboxylic acids is 1. The molecule has 1 heterocycles. The quantitative estimate of drug-likeness (QED) is 0.323. The van der Waals surface area contributed by atoms with Crippen LogP contribution in [0.5, 0.6) is 0 Å². The molecule has 1 aromatic heterocycles. The standard InChI is InChI=1S/C23H33ClN2O3S2/c1-23(2,10-4-6-20-7-5-11-30-20)25-15-19(27)16-26(3)31-21-13-17(8-9-22(28)29)12-18(24)14-21/h5,7,11-14,19,25,27H,4,6,8-10,15-16H2,1-3H3,(H,28,29)/t19-/m1/s1. The van der Waals surface area contributed by atoms with Crippen molar-refractivity contribution in [3.63, 3.8) is 0 Å². The number of rotatable bonds is 14. The third-order valence-corrected chi connectivity index (χ3v) is 6.97. The van der Waals surface area contributed by atoms with Crippen LogP contribution in [-0.2, 0) is 17.6 Å². The molecule has 0 radical (unpaired) electrons. The molecule has 0 saturated carbocycles. The molecule has 0 aliphatic heterocycles. The Balaban J connectivity index is 1.74. The zero-order valence-electron chi connectivity index (χ0n) is 18.4. The van der Waals surface area contributed by atoms with Gasteiger partial charge in [-0.2, -0.15) is 0 Å². The Labute approximate surface area is 198 Å². The van der Waals surface area contributed by atoms with E-state index in [1.165, 1.54) is 16.8 Å². The number of thiophene rings is 1. The molecule has 0 spiro atoms. The summed E-state index contributed by atoms with van der Waals surface area (Å²) in [6, 6.07) is 9.88. The SMILES string of the molecule is CN(C[C@H](O)CNC(C)(C)CCCc1cccs1)Sc1cc(Cl)cc(CCC(=O)O)c1. The van der Waals surface area contributed by atoms with Gasteiger partial charge in [-0.1, -0.05) is 17.7 Å². The molecule has 0 fully saturated rings. The van der Waals surface area contributed by atoms with Gasteiger partial charge in [0.15, 0.2) is 0 Å². The Morgan fingerprint density at radius 3 is 2.77 bits per heavy atom. The fourth-order valence-electron chi connectivity index (χ4n) is 3.29. The molecular weight excluding hydrogens is 452 g/mol. The minimum Gasteiger partial charge on any atom is -0.481 e. The molecule has 1 atom stereocenters. The lowest BCUT2D eigenvalue weighted by Gasteiger charge is -2.29. The maximum absolute atomic E-state index is 10.8. The Hall–Kier alpha value is -1.09. The van der Waals surface area contributed by atoms with Crippen LogP contribution in [0.25, 0.3) is 0 Å². The summed E-state index contributed by atoms with van der Waals surface area (Å²) in [6.07, 6.45) is 3.28. The number of aliphatic hydroxyl groups excluding tert-OH is 1. The minimum atomic E-state index is -0.823. The Bertz CT molecular complexity index is 815. The predicted molar refractivity (Wildman–Crippen MR) is 131 cm³/mol. The summed E-state index contributed by atoms with van der Waals surface area (Å²) >= 11 is 9.49. The van der Waals surface area contributed by atoms with Crippen LogP contribution in [0, 0.1) is 0 Å². The summed E-state index contributed by atoms with van der Waals surface area (Å²) in [5.74, 6) is -0.823. The summed E-state index contributed by atoms with van der Waals surface area (Å²) in [7, 11) is 1.93. The first-order valence-corrected chi connectivity index (χ1v) is 12.5. The lowest BCUT2D eigenvalue weighted by molar-refractivity contribution is -0.136. The summed E-state index contributed by atoms with van der Waals surface area (Å²) in [5.41, 5.74) is 0.868. The normalized spacial score (nSPS) is 13.0. The Morgan fingerprint density at radius 1 is 1.32 bits per heavy atom. The number of carbonyl (C=O) groups is 1. The number of carboxylic acid groups (broad SMARTS) is 1. The van der Waals surface area contributed by atoms with Gasteiger partial charge in [-0.05, 0) is 93.7 Å². The van der Waals surface area contributed by atoms with E-state index in [0.29, 0.717) is 24.5 Å². The van der Waals surface area contributed by atoms with Gasteiger partial charge >= 0.3 is 5.97 Å². The highest BCUT2D eigenvalue weighted by molar-refractivity contribution is 7.97. The molecule has 0 aliphatic rings. The van der Waals surface area contributed by atoms with Crippen LogP contribution in [0.3, 0.4) is 0 Å². The highest BCUT2D eigenvalue weighted by atomic mass is 35.5. The van der Waals surface area contributed by atoms with Crippen molar-refractivity contribution in [3.8, 4) is 0 Å². The topological polar surface area (TPSA) is 72.8 Å². The van der Waals surface area contributed by atoms with Gasteiger partial charge in [0.05, 0.1) is 6.10 Å². The van der Waals surface area contributed by atoms with E-state index < -0.39 is 12.1 Å². The summed E-state index contributed by atoms with van der Waals surface area (Å²) in [4.78, 5) is 13.2. The number of hydrogen-bond acceptors (Lipinski definition) is 6. The molecule has 3 N–H and O–H groups in total. The number of aryl methyl sites for hydroxylation is 2. The number of hydrogen-bond donors (Lipinski definition) is 3. The maximum Gasteiger partial charge on any atom is 0.303 e. The third-order valence-electron chi connectivity index (χ3n) is 4.91. The van der Waals surface area contributed by atoms with Gasteiger partial charge in [0.25, 0.3) is 0 Å². The molecular formula is C23H33ClN2O3S2. The number of β-amino-alcohol motifs (C(OH)–C–C–N with tert-alkyl or cyclic N) is 1. The largest absolute Gasteiger partial charge is 0.481 e. The van der Waals surface area contributed by atoms with Crippen LogP contribution < -0.4 is 5.32 Å². The second-order valence-corrected chi connectivity index (χ2v) is 11.2. The van der Waals surface area contributed by atoms with Gasteiger partial charge < -0.3 is 15.5 Å². The molecule has 2 rings (SSSR count). The molecule has 172 valence electrons. The highest BCUT2D eigenvalue weighted by Gasteiger charge is 2.19. The van der Waals surface area contributed by atoms with Gasteiger partial charge in [0, 0.05) is 39.8 Å². The van der Waals surface area contributed by atoms with E-state index in [9.17, 15) is 9.90 Å². The fourth-order valence-corrected chi connectivity index (χ4v) is 5.35. The van der Waals surface area contributed by atoms with Gasteiger partial charge in [-0.3, -0.25) is 4.79 Å². The number of halogens is 1. The van der Waals surface area contributed by atoms with E-state index in [-0.39, 0.29) is 12.0 Å². The first-order valence-electron chi connectivity index (χ1n) is 10.5. The van der Waals surface area contributed by atoms with Crippen molar-refractivity contribution in [3.05, 3.63) is 51.2 Å². The smallest absolute Gasteiger partial charge is 0.303 e. The Kier molecular flexibility index (Phi) is 10.8. The van der Waals surface area contributed by atoms with Crippen LogP contribution in [0.15, 0.2) is 40.6 Å². The summed E-state index contributed by atoms with van der Waals surface area (Å²) < 4.78 is 1.97. The molecule has 31 heavy (non-hydrogen) atoms. The van der Waals surface area contributed by atoms with Crippen molar-refractivity contribution in [2.75, 3.05) is 20.1 Å². The first kappa shape index (κ1) is 26.2. The number of carboxylic acids is 1. The highest BCUT2D eigenvalue weighted by Crippen LogP contribution is 2.27. The molecule has 0 amide bonds. The van der Waals surface area contributed by atoms with Crippen molar-refractivity contribution >= 4 is 40.9 Å². The number of aliphatic hydroxyl groups is 1. The monoisotopic (exact) mass is 484 g/mol. The van der Waals surface area contributed by atoms with Crippen LogP contribution in [0.1, 0.15) is 43.6 Å². The van der Waals surface area contributed by atoms with E-state index in [1.807, 2.05) is 23.5 Å². The number of benzene rings is 1.